The molecule has 0 bridgehead atoms. The quantitative estimate of drug-likeness (QED) is 0.853. The number of allylic oxidation sites excluding steroid dienone is 1. The second kappa shape index (κ2) is 4.49. The van der Waals surface area contributed by atoms with E-state index < -0.39 is 0 Å². The molecule has 2 nitrogen and oxygen atoms in total. The van der Waals surface area contributed by atoms with Crippen molar-refractivity contribution in [3.63, 3.8) is 0 Å². The number of nitrogens with one attached hydrogen (secondary N) is 1. The highest BCUT2D eigenvalue weighted by Gasteiger charge is 2.02. The number of hydrogen-bond donors (Lipinski definition) is 1. The SMILES string of the molecule is C=C(C)c1cnc(Nc2ccc(C)cc2)s1. The Labute approximate surface area is 99.7 Å². The lowest BCUT2D eigenvalue weighted by atomic mass is 10.2. The number of nitrogens with zero attached hydrogens (tertiary/aromatic N) is 1. The first-order chi connectivity index (χ1) is 7.65. The summed E-state index contributed by atoms with van der Waals surface area (Å²) >= 11 is 1.62. The van der Waals surface area contributed by atoms with Gasteiger partial charge in [-0.1, -0.05) is 35.6 Å². The lowest BCUT2D eigenvalue weighted by Gasteiger charge is -2.02. The molecule has 0 fully saturated rings. The molecule has 0 unspecified atom stereocenters. The number of anilines is 2. The van der Waals surface area contributed by atoms with Gasteiger partial charge in [-0.3, -0.25) is 0 Å². The van der Waals surface area contributed by atoms with E-state index in [1.807, 2.05) is 13.1 Å². The van der Waals surface area contributed by atoms with Crippen molar-refractivity contribution < 1.29 is 0 Å². The third-order valence-electron chi connectivity index (χ3n) is 2.23. The predicted molar refractivity (Wildman–Crippen MR) is 71.3 cm³/mol. The summed E-state index contributed by atoms with van der Waals surface area (Å²) < 4.78 is 0. The minimum absolute atomic E-state index is 0.904. The average Bonchev–Trinajstić information content (AvgIpc) is 2.70. The maximum absolute atomic E-state index is 4.30. The van der Waals surface area contributed by atoms with E-state index in [-0.39, 0.29) is 0 Å². The molecule has 1 N–H and O–H groups in total. The molecule has 0 amide bonds. The van der Waals surface area contributed by atoms with E-state index in [4.69, 9.17) is 0 Å². The van der Waals surface area contributed by atoms with Gasteiger partial charge in [-0.15, -0.1) is 0 Å². The molecule has 0 saturated heterocycles. The molecule has 0 saturated carbocycles. The van der Waals surface area contributed by atoms with Gasteiger partial charge in [0.05, 0.1) is 4.88 Å². The Balaban J connectivity index is 2.14. The Kier molecular flexibility index (Phi) is 3.06. The molecule has 0 spiro atoms. The van der Waals surface area contributed by atoms with Crippen LogP contribution in [-0.4, -0.2) is 4.98 Å². The summed E-state index contributed by atoms with van der Waals surface area (Å²) in [7, 11) is 0. The Morgan fingerprint density at radius 1 is 1.31 bits per heavy atom. The first-order valence-electron chi connectivity index (χ1n) is 5.10. The van der Waals surface area contributed by atoms with Crippen LogP contribution in [0, 0.1) is 6.92 Å². The van der Waals surface area contributed by atoms with Crippen LogP contribution in [0.4, 0.5) is 10.8 Å². The van der Waals surface area contributed by atoms with Crippen molar-refractivity contribution in [2.75, 3.05) is 5.32 Å². The molecule has 0 aliphatic rings. The summed E-state index contributed by atoms with van der Waals surface area (Å²) in [5.41, 5.74) is 3.37. The highest BCUT2D eigenvalue weighted by atomic mass is 32.1. The lowest BCUT2D eigenvalue weighted by Crippen LogP contribution is -1.88. The normalized spacial score (nSPS) is 10.1. The number of thiazole rings is 1. The fraction of sp³-hybridized carbons (Fsp3) is 0.154. The van der Waals surface area contributed by atoms with Gasteiger partial charge < -0.3 is 5.32 Å². The van der Waals surface area contributed by atoms with Gasteiger partial charge in [0.25, 0.3) is 0 Å². The van der Waals surface area contributed by atoms with Gasteiger partial charge in [0.1, 0.15) is 0 Å². The zero-order valence-electron chi connectivity index (χ0n) is 9.45. The van der Waals surface area contributed by atoms with Gasteiger partial charge in [0.15, 0.2) is 5.13 Å². The van der Waals surface area contributed by atoms with Crippen LogP contribution in [0.15, 0.2) is 37.0 Å². The predicted octanol–water partition coefficient (Wildman–Crippen LogP) is 4.23. The first-order valence-corrected chi connectivity index (χ1v) is 5.92. The largest absolute Gasteiger partial charge is 0.332 e. The molecule has 2 rings (SSSR count). The van der Waals surface area contributed by atoms with Gasteiger partial charge in [0, 0.05) is 11.9 Å². The molecule has 0 radical (unpaired) electrons. The van der Waals surface area contributed by atoms with Crippen LogP contribution in [0.2, 0.25) is 0 Å². The van der Waals surface area contributed by atoms with E-state index in [2.05, 4.69) is 48.1 Å². The zero-order chi connectivity index (χ0) is 11.5. The Bertz CT molecular complexity index is 497. The van der Waals surface area contributed by atoms with Crippen molar-refractivity contribution in [1.29, 1.82) is 0 Å². The number of rotatable bonds is 3. The third-order valence-corrected chi connectivity index (χ3v) is 3.30. The highest BCUT2D eigenvalue weighted by molar-refractivity contribution is 7.16. The number of hydrogen-bond acceptors (Lipinski definition) is 3. The Hall–Kier alpha value is -1.61. The summed E-state index contributed by atoms with van der Waals surface area (Å²) in [6.45, 7) is 7.96. The van der Waals surface area contributed by atoms with E-state index >= 15 is 0 Å². The van der Waals surface area contributed by atoms with Crippen LogP contribution < -0.4 is 5.32 Å². The van der Waals surface area contributed by atoms with Crippen molar-refractivity contribution in [3.8, 4) is 0 Å². The van der Waals surface area contributed by atoms with Gasteiger partial charge in [-0.05, 0) is 31.6 Å². The third kappa shape index (κ3) is 2.49. The number of aromatic nitrogens is 1. The molecule has 0 aliphatic carbocycles. The average molecular weight is 230 g/mol. The van der Waals surface area contributed by atoms with E-state index in [1.54, 1.807) is 11.3 Å². The van der Waals surface area contributed by atoms with Crippen molar-refractivity contribution in [3.05, 3.63) is 47.5 Å². The molecule has 1 heterocycles. The molecule has 0 aliphatic heterocycles. The minimum atomic E-state index is 0.904. The van der Waals surface area contributed by atoms with Crippen LogP contribution in [0.5, 0.6) is 0 Å². The van der Waals surface area contributed by atoms with Crippen LogP contribution >= 0.6 is 11.3 Å². The van der Waals surface area contributed by atoms with Crippen LogP contribution in [0.1, 0.15) is 17.4 Å². The van der Waals surface area contributed by atoms with Crippen molar-refractivity contribution in [1.82, 2.24) is 4.98 Å². The number of benzene rings is 1. The summed E-state index contributed by atoms with van der Waals surface area (Å²) in [5, 5.41) is 4.18. The fourth-order valence-corrected chi connectivity index (χ4v) is 2.05. The lowest BCUT2D eigenvalue weighted by molar-refractivity contribution is 1.37. The zero-order valence-corrected chi connectivity index (χ0v) is 10.3. The summed E-state index contributed by atoms with van der Waals surface area (Å²) in [5.74, 6) is 0. The van der Waals surface area contributed by atoms with Crippen LogP contribution in [0.25, 0.3) is 5.57 Å². The van der Waals surface area contributed by atoms with E-state index in [0.717, 1.165) is 21.3 Å². The first kappa shape index (κ1) is 10.9. The smallest absolute Gasteiger partial charge is 0.187 e. The molecule has 1 aromatic carbocycles. The van der Waals surface area contributed by atoms with Gasteiger partial charge in [-0.25, -0.2) is 4.98 Å². The summed E-state index contributed by atoms with van der Waals surface area (Å²) in [6.07, 6.45) is 1.85. The molecular formula is C13H14N2S. The monoisotopic (exact) mass is 230 g/mol. The van der Waals surface area contributed by atoms with Gasteiger partial charge in [-0.2, -0.15) is 0 Å². The maximum atomic E-state index is 4.30. The Morgan fingerprint density at radius 2 is 2.00 bits per heavy atom. The summed E-state index contributed by atoms with van der Waals surface area (Å²) in [6, 6.07) is 8.26. The summed E-state index contributed by atoms with van der Waals surface area (Å²) in [4.78, 5) is 5.42. The minimum Gasteiger partial charge on any atom is -0.332 e. The fourth-order valence-electron chi connectivity index (χ4n) is 1.29. The molecular weight excluding hydrogens is 216 g/mol. The van der Waals surface area contributed by atoms with Crippen LogP contribution in [0.3, 0.4) is 0 Å². The van der Waals surface area contributed by atoms with Crippen molar-refractivity contribution >= 4 is 27.7 Å². The molecule has 1 aromatic heterocycles. The number of aryl methyl sites for hydroxylation is 1. The molecule has 0 atom stereocenters. The second-order valence-electron chi connectivity index (χ2n) is 3.80. The highest BCUT2D eigenvalue weighted by Crippen LogP contribution is 2.26. The second-order valence-corrected chi connectivity index (χ2v) is 4.83. The van der Waals surface area contributed by atoms with Crippen molar-refractivity contribution in [2.24, 2.45) is 0 Å². The van der Waals surface area contributed by atoms with E-state index in [9.17, 15) is 0 Å². The Morgan fingerprint density at radius 3 is 2.56 bits per heavy atom. The van der Waals surface area contributed by atoms with Gasteiger partial charge in [0.2, 0.25) is 0 Å². The molecule has 3 heteroatoms. The van der Waals surface area contributed by atoms with E-state index in [1.165, 1.54) is 5.56 Å². The topological polar surface area (TPSA) is 24.9 Å². The van der Waals surface area contributed by atoms with Crippen molar-refractivity contribution in [2.45, 2.75) is 13.8 Å². The molecule has 82 valence electrons. The standard InChI is InChI=1S/C13H14N2S/c1-9(2)12-8-14-13(16-12)15-11-6-4-10(3)5-7-11/h4-8H,1H2,2-3H3,(H,14,15). The molecule has 16 heavy (non-hydrogen) atoms. The van der Waals surface area contributed by atoms with Gasteiger partial charge >= 0.3 is 0 Å². The maximum Gasteiger partial charge on any atom is 0.187 e. The van der Waals surface area contributed by atoms with E-state index in [0.29, 0.717) is 0 Å². The van der Waals surface area contributed by atoms with Crippen LogP contribution in [-0.2, 0) is 0 Å². The molecule has 2 aromatic rings.